The van der Waals surface area contributed by atoms with Gasteiger partial charge in [0, 0.05) is 22.9 Å². The SMILES string of the molecule is O=C(O)Cc1ccc2c(c1)SCCN2. The Morgan fingerprint density at radius 3 is 3.21 bits per heavy atom. The molecular weight excluding hydrogens is 198 g/mol. The van der Waals surface area contributed by atoms with E-state index in [1.807, 2.05) is 18.2 Å². The summed E-state index contributed by atoms with van der Waals surface area (Å²) in [6.45, 7) is 0.982. The minimum atomic E-state index is -0.779. The van der Waals surface area contributed by atoms with E-state index in [1.54, 1.807) is 11.8 Å². The first-order valence-corrected chi connectivity index (χ1v) is 5.45. The van der Waals surface area contributed by atoms with Crippen molar-refractivity contribution in [3.8, 4) is 0 Å². The van der Waals surface area contributed by atoms with Crippen LogP contribution in [0, 0.1) is 0 Å². The quantitative estimate of drug-likeness (QED) is 0.780. The monoisotopic (exact) mass is 209 g/mol. The normalized spacial score (nSPS) is 14.3. The number of fused-ring (bicyclic) bond motifs is 1. The molecule has 0 bridgehead atoms. The summed E-state index contributed by atoms with van der Waals surface area (Å²) in [6, 6.07) is 5.78. The van der Waals surface area contributed by atoms with Gasteiger partial charge in [-0.05, 0) is 17.7 Å². The van der Waals surface area contributed by atoms with Crippen LogP contribution in [-0.4, -0.2) is 23.4 Å². The van der Waals surface area contributed by atoms with Crippen LogP contribution < -0.4 is 5.32 Å². The molecule has 14 heavy (non-hydrogen) atoms. The van der Waals surface area contributed by atoms with Crippen molar-refractivity contribution < 1.29 is 9.90 Å². The highest BCUT2D eigenvalue weighted by Gasteiger charge is 2.10. The molecule has 0 aromatic heterocycles. The summed E-state index contributed by atoms with van der Waals surface area (Å²) in [5.41, 5.74) is 1.99. The standard InChI is InChI=1S/C10H11NO2S/c12-10(13)6-7-1-2-8-9(5-7)14-4-3-11-8/h1-2,5,11H,3-4,6H2,(H,12,13). The van der Waals surface area contributed by atoms with E-state index < -0.39 is 5.97 Å². The number of hydrogen-bond donors (Lipinski definition) is 2. The average molecular weight is 209 g/mol. The summed E-state index contributed by atoms with van der Waals surface area (Å²) < 4.78 is 0. The van der Waals surface area contributed by atoms with Gasteiger partial charge in [-0.3, -0.25) is 4.79 Å². The molecule has 1 heterocycles. The van der Waals surface area contributed by atoms with E-state index in [1.165, 1.54) is 0 Å². The molecule has 2 N–H and O–H groups in total. The minimum absolute atomic E-state index is 0.105. The van der Waals surface area contributed by atoms with Crippen LogP contribution in [0.1, 0.15) is 5.56 Å². The maximum Gasteiger partial charge on any atom is 0.307 e. The Morgan fingerprint density at radius 1 is 1.57 bits per heavy atom. The van der Waals surface area contributed by atoms with Gasteiger partial charge in [-0.1, -0.05) is 6.07 Å². The Labute approximate surface area is 86.5 Å². The molecule has 0 radical (unpaired) electrons. The molecule has 0 amide bonds. The molecule has 1 aliphatic rings. The van der Waals surface area contributed by atoms with Crippen molar-refractivity contribution in [2.45, 2.75) is 11.3 Å². The first-order valence-electron chi connectivity index (χ1n) is 4.47. The minimum Gasteiger partial charge on any atom is -0.481 e. The smallest absolute Gasteiger partial charge is 0.307 e. The third-order valence-electron chi connectivity index (χ3n) is 2.08. The molecule has 2 rings (SSSR count). The van der Waals surface area contributed by atoms with Crippen LogP contribution in [0.3, 0.4) is 0 Å². The second kappa shape index (κ2) is 3.92. The van der Waals surface area contributed by atoms with Gasteiger partial charge < -0.3 is 10.4 Å². The maximum atomic E-state index is 10.5. The number of nitrogens with one attached hydrogen (secondary N) is 1. The third-order valence-corrected chi connectivity index (χ3v) is 3.13. The predicted molar refractivity (Wildman–Crippen MR) is 57.0 cm³/mol. The van der Waals surface area contributed by atoms with Gasteiger partial charge in [0.1, 0.15) is 0 Å². The molecular formula is C10H11NO2S. The molecule has 4 heteroatoms. The molecule has 0 fully saturated rings. The number of benzene rings is 1. The fourth-order valence-electron chi connectivity index (χ4n) is 1.46. The van der Waals surface area contributed by atoms with Crippen LogP contribution >= 0.6 is 11.8 Å². The van der Waals surface area contributed by atoms with Gasteiger partial charge in [-0.15, -0.1) is 11.8 Å². The number of aliphatic carboxylic acids is 1. The van der Waals surface area contributed by atoms with Crippen molar-refractivity contribution in [1.82, 2.24) is 0 Å². The lowest BCUT2D eigenvalue weighted by Crippen LogP contribution is -2.10. The molecule has 0 atom stereocenters. The van der Waals surface area contributed by atoms with Crippen molar-refractivity contribution in [2.24, 2.45) is 0 Å². The molecule has 0 unspecified atom stereocenters. The van der Waals surface area contributed by atoms with Crippen LogP contribution in [0.4, 0.5) is 5.69 Å². The van der Waals surface area contributed by atoms with Crippen molar-refractivity contribution in [2.75, 3.05) is 17.6 Å². The van der Waals surface area contributed by atoms with E-state index in [-0.39, 0.29) is 6.42 Å². The molecule has 3 nitrogen and oxygen atoms in total. The number of carboxylic acids is 1. The number of carbonyl (C=O) groups is 1. The molecule has 0 aliphatic carbocycles. The number of carboxylic acid groups (broad SMARTS) is 1. The summed E-state index contributed by atoms with van der Waals surface area (Å²) in [7, 11) is 0. The highest BCUT2D eigenvalue weighted by Crippen LogP contribution is 2.31. The molecule has 0 saturated heterocycles. The van der Waals surface area contributed by atoms with E-state index in [0.717, 1.165) is 28.4 Å². The van der Waals surface area contributed by atoms with Crippen LogP contribution in [0.15, 0.2) is 23.1 Å². The van der Waals surface area contributed by atoms with Crippen molar-refractivity contribution in [1.29, 1.82) is 0 Å². The first-order chi connectivity index (χ1) is 6.75. The average Bonchev–Trinajstić information content (AvgIpc) is 2.17. The zero-order valence-corrected chi connectivity index (χ0v) is 8.43. The molecule has 1 aliphatic heterocycles. The Kier molecular flexibility index (Phi) is 2.63. The van der Waals surface area contributed by atoms with E-state index in [9.17, 15) is 4.79 Å². The fraction of sp³-hybridized carbons (Fsp3) is 0.300. The zero-order valence-electron chi connectivity index (χ0n) is 7.62. The zero-order chi connectivity index (χ0) is 9.97. The van der Waals surface area contributed by atoms with Gasteiger partial charge in [-0.25, -0.2) is 0 Å². The van der Waals surface area contributed by atoms with Gasteiger partial charge in [-0.2, -0.15) is 0 Å². The number of hydrogen-bond acceptors (Lipinski definition) is 3. The van der Waals surface area contributed by atoms with Gasteiger partial charge in [0.2, 0.25) is 0 Å². The Balaban J connectivity index is 2.24. The Morgan fingerprint density at radius 2 is 2.43 bits per heavy atom. The van der Waals surface area contributed by atoms with E-state index in [2.05, 4.69) is 5.32 Å². The lowest BCUT2D eigenvalue weighted by Gasteiger charge is -2.17. The summed E-state index contributed by atoms with van der Waals surface area (Å²) in [5.74, 6) is 0.266. The van der Waals surface area contributed by atoms with Crippen LogP contribution in [0.2, 0.25) is 0 Å². The highest BCUT2D eigenvalue weighted by atomic mass is 32.2. The Hall–Kier alpha value is -1.16. The molecule has 0 saturated carbocycles. The molecule has 1 aromatic rings. The summed E-state index contributed by atoms with van der Waals surface area (Å²) in [5, 5.41) is 11.9. The van der Waals surface area contributed by atoms with Crippen molar-refractivity contribution in [3.05, 3.63) is 23.8 Å². The van der Waals surface area contributed by atoms with Crippen molar-refractivity contribution in [3.63, 3.8) is 0 Å². The first kappa shape index (κ1) is 9.40. The van der Waals surface area contributed by atoms with E-state index in [4.69, 9.17) is 5.11 Å². The topological polar surface area (TPSA) is 49.3 Å². The van der Waals surface area contributed by atoms with Crippen molar-refractivity contribution >= 4 is 23.4 Å². The molecule has 0 spiro atoms. The van der Waals surface area contributed by atoms with Crippen LogP contribution in [0.25, 0.3) is 0 Å². The van der Waals surface area contributed by atoms with E-state index in [0.29, 0.717) is 0 Å². The van der Waals surface area contributed by atoms with Gasteiger partial charge in [0.15, 0.2) is 0 Å². The highest BCUT2D eigenvalue weighted by molar-refractivity contribution is 7.99. The number of thioether (sulfide) groups is 1. The number of anilines is 1. The second-order valence-electron chi connectivity index (χ2n) is 3.18. The fourth-order valence-corrected chi connectivity index (χ4v) is 2.42. The lowest BCUT2D eigenvalue weighted by atomic mass is 10.1. The van der Waals surface area contributed by atoms with E-state index >= 15 is 0 Å². The second-order valence-corrected chi connectivity index (χ2v) is 4.31. The Bertz CT molecular complexity index is 365. The summed E-state index contributed by atoms with van der Waals surface area (Å²) >= 11 is 1.77. The largest absolute Gasteiger partial charge is 0.481 e. The van der Waals surface area contributed by atoms with Gasteiger partial charge >= 0.3 is 5.97 Å². The van der Waals surface area contributed by atoms with Crippen LogP contribution in [-0.2, 0) is 11.2 Å². The lowest BCUT2D eigenvalue weighted by molar-refractivity contribution is -0.136. The van der Waals surface area contributed by atoms with Gasteiger partial charge in [0.25, 0.3) is 0 Å². The number of rotatable bonds is 2. The van der Waals surface area contributed by atoms with Crippen LogP contribution in [0.5, 0.6) is 0 Å². The summed E-state index contributed by atoms with van der Waals surface area (Å²) in [4.78, 5) is 11.7. The third kappa shape index (κ3) is 2.01. The molecule has 1 aromatic carbocycles. The predicted octanol–water partition coefficient (Wildman–Crippen LogP) is 1.83. The molecule has 74 valence electrons. The summed E-state index contributed by atoms with van der Waals surface area (Å²) in [6.07, 6.45) is 0.105. The maximum absolute atomic E-state index is 10.5. The van der Waals surface area contributed by atoms with Gasteiger partial charge in [0.05, 0.1) is 6.42 Å².